The maximum absolute atomic E-state index is 12.4. The average molecular weight is 437 g/mol. The van der Waals surface area contributed by atoms with E-state index in [0.29, 0.717) is 15.7 Å². The van der Waals surface area contributed by atoms with Gasteiger partial charge in [-0.1, -0.05) is 11.8 Å². The van der Waals surface area contributed by atoms with Crippen LogP contribution >= 0.6 is 34.4 Å². The number of rotatable bonds is 6. The number of ether oxygens (including phenoxy) is 1. The van der Waals surface area contributed by atoms with E-state index in [9.17, 15) is 9.59 Å². The predicted molar refractivity (Wildman–Crippen MR) is 114 cm³/mol. The molecular weight excluding hydrogens is 416 g/mol. The number of esters is 1. The first-order chi connectivity index (χ1) is 13.3. The van der Waals surface area contributed by atoms with E-state index in [1.165, 1.54) is 40.6 Å². The minimum Gasteiger partial charge on any atom is -0.465 e. The zero-order chi connectivity index (χ0) is 20.4. The number of anilines is 1. The summed E-state index contributed by atoms with van der Waals surface area (Å²) >= 11 is 4.32. The summed E-state index contributed by atoms with van der Waals surface area (Å²) in [5.74, 6) is 0.257. The van der Waals surface area contributed by atoms with E-state index < -0.39 is 5.97 Å². The molecule has 0 radical (unpaired) electrons. The molecule has 0 saturated heterocycles. The van der Waals surface area contributed by atoms with Gasteiger partial charge in [0.05, 0.1) is 18.4 Å². The lowest BCUT2D eigenvalue weighted by Crippen LogP contribution is -2.16. The fourth-order valence-corrected chi connectivity index (χ4v) is 5.06. The molecule has 3 heterocycles. The molecule has 148 valence electrons. The molecule has 1 N–H and O–H groups in total. The van der Waals surface area contributed by atoms with Crippen LogP contribution < -0.4 is 5.32 Å². The molecule has 0 aliphatic carbocycles. The van der Waals surface area contributed by atoms with Crippen molar-refractivity contribution in [2.45, 2.75) is 25.9 Å². The van der Waals surface area contributed by atoms with Gasteiger partial charge in [-0.3, -0.25) is 4.79 Å². The first-order valence-corrected chi connectivity index (χ1v) is 11.1. The van der Waals surface area contributed by atoms with E-state index in [0.717, 1.165) is 16.3 Å². The number of nitrogens with zero attached hydrogens (tertiary/aromatic N) is 3. The standard InChI is InChI=1S/C18H20N4O3S3/c1-9-6-12(17(24)25-5)16(28-9)19-14(23)8-27-18-21-20-15(22(18)4)13-7-26-11(3)10(13)2/h6-7H,8H2,1-5H3,(H,19,23). The van der Waals surface area contributed by atoms with Crippen LogP contribution in [0.2, 0.25) is 0 Å². The molecule has 0 atom stereocenters. The van der Waals surface area contributed by atoms with Gasteiger partial charge in [-0.15, -0.1) is 32.9 Å². The van der Waals surface area contributed by atoms with Crippen molar-refractivity contribution in [3.05, 3.63) is 32.3 Å². The van der Waals surface area contributed by atoms with E-state index >= 15 is 0 Å². The number of carbonyl (C=O) groups excluding carboxylic acids is 2. The maximum Gasteiger partial charge on any atom is 0.340 e. The molecule has 3 aromatic rings. The molecular formula is C18H20N4O3S3. The van der Waals surface area contributed by atoms with Gasteiger partial charge in [0.1, 0.15) is 5.00 Å². The monoisotopic (exact) mass is 436 g/mol. The van der Waals surface area contributed by atoms with Crippen LogP contribution in [0.4, 0.5) is 5.00 Å². The second kappa shape index (κ2) is 8.46. The highest BCUT2D eigenvalue weighted by Gasteiger charge is 2.19. The van der Waals surface area contributed by atoms with Crippen molar-refractivity contribution in [3.63, 3.8) is 0 Å². The van der Waals surface area contributed by atoms with E-state index in [2.05, 4.69) is 34.7 Å². The van der Waals surface area contributed by atoms with Gasteiger partial charge in [-0.05, 0) is 32.4 Å². The third-order valence-corrected chi connectivity index (χ3v) is 7.21. The third kappa shape index (κ3) is 4.13. The Labute approximate surface area is 175 Å². The smallest absolute Gasteiger partial charge is 0.340 e. The lowest BCUT2D eigenvalue weighted by molar-refractivity contribution is -0.113. The fraction of sp³-hybridized carbons (Fsp3) is 0.333. The minimum absolute atomic E-state index is 0.158. The topological polar surface area (TPSA) is 86.1 Å². The van der Waals surface area contributed by atoms with Crippen LogP contribution in [0.5, 0.6) is 0 Å². The Bertz CT molecular complexity index is 1040. The predicted octanol–water partition coefficient (Wildman–Crippen LogP) is 4.05. The fourth-order valence-electron chi connectivity index (χ4n) is 2.57. The van der Waals surface area contributed by atoms with Crippen molar-refractivity contribution in [3.8, 4) is 11.4 Å². The second-order valence-electron chi connectivity index (χ2n) is 6.12. The summed E-state index contributed by atoms with van der Waals surface area (Å²) < 4.78 is 6.65. The van der Waals surface area contributed by atoms with E-state index in [1.54, 1.807) is 17.4 Å². The minimum atomic E-state index is -0.466. The van der Waals surface area contributed by atoms with Crippen LogP contribution in [-0.2, 0) is 16.6 Å². The number of aryl methyl sites for hydroxylation is 2. The Kier molecular flexibility index (Phi) is 6.21. The molecule has 0 spiro atoms. The number of nitrogens with one attached hydrogen (secondary N) is 1. The number of hydrogen-bond acceptors (Lipinski definition) is 8. The zero-order valence-corrected chi connectivity index (χ0v) is 18.6. The highest BCUT2D eigenvalue weighted by molar-refractivity contribution is 7.99. The van der Waals surface area contributed by atoms with Gasteiger partial charge in [0.15, 0.2) is 11.0 Å². The zero-order valence-electron chi connectivity index (χ0n) is 16.2. The van der Waals surface area contributed by atoms with E-state index in [4.69, 9.17) is 4.74 Å². The molecule has 0 aliphatic rings. The van der Waals surface area contributed by atoms with Gasteiger partial charge >= 0.3 is 5.97 Å². The van der Waals surface area contributed by atoms with Gasteiger partial charge < -0.3 is 14.6 Å². The molecule has 0 bridgehead atoms. The molecule has 10 heteroatoms. The van der Waals surface area contributed by atoms with Crippen LogP contribution in [0, 0.1) is 20.8 Å². The molecule has 0 aromatic carbocycles. The lowest BCUT2D eigenvalue weighted by Gasteiger charge is -2.06. The van der Waals surface area contributed by atoms with Gasteiger partial charge in [0.2, 0.25) is 5.91 Å². The Morgan fingerprint density at radius 2 is 2.04 bits per heavy atom. The molecule has 3 rings (SSSR count). The van der Waals surface area contributed by atoms with Gasteiger partial charge in [0, 0.05) is 27.7 Å². The molecule has 28 heavy (non-hydrogen) atoms. The first kappa shape index (κ1) is 20.6. The highest BCUT2D eigenvalue weighted by atomic mass is 32.2. The van der Waals surface area contributed by atoms with Crippen molar-refractivity contribution in [1.82, 2.24) is 14.8 Å². The number of aromatic nitrogens is 3. The molecule has 0 saturated carbocycles. The van der Waals surface area contributed by atoms with Crippen LogP contribution in [0.1, 0.15) is 25.7 Å². The SMILES string of the molecule is COC(=O)c1cc(C)sc1NC(=O)CSc1nnc(-c2csc(C)c2C)n1C. The van der Waals surface area contributed by atoms with Gasteiger partial charge in [-0.2, -0.15) is 0 Å². The van der Waals surface area contributed by atoms with Gasteiger partial charge in [-0.25, -0.2) is 4.79 Å². The number of thiophene rings is 2. The molecule has 1 amide bonds. The quantitative estimate of drug-likeness (QED) is 0.463. The Morgan fingerprint density at radius 3 is 2.68 bits per heavy atom. The number of methoxy groups -OCH3 is 1. The van der Waals surface area contributed by atoms with Crippen molar-refractivity contribution >= 4 is 51.3 Å². The average Bonchev–Trinajstić information content (AvgIpc) is 3.31. The van der Waals surface area contributed by atoms with E-state index in [1.807, 2.05) is 18.5 Å². The highest BCUT2D eigenvalue weighted by Crippen LogP contribution is 2.31. The van der Waals surface area contributed by atoms with Crippen LogP contribution in [0.3, 0.4) is 0 Å². The molecule has 0 unspecified atom stereocenters. The summed E-state index contributed by atoms with van der Waals surface area (Å²) in [4.78, 5) is 26.4. The molecule has 3 aromatic heterocycles. The van der Waals surface area contributed by atoms with Crippen molar-refractivity contribution in [1.29, 1.82) is 0 Å². The summed E-state index contributed by atoms with van der Waals surface area (Å²) in [6, 6.07) is 1.71. The van der Waals surface area contributed by atoms with Gasteiger partial charge in [0.25, 0.3) is 0 Å². The summed E-state index contributed by atoms with van der Waals surface area (Å²) in [5, 5.41) is 14.5. The lowest BCUT2D eigenvalue weighted by atomic mass is 10.2. The molecule has 0 fully saturated rings. The third-order valence-electron chi connectivity index (χ3n) is 4.21. The van der Waals surface area contributed by atoms with E-state index in [-0.39, 0.29) is 11.7 Å². The number of hydrogen-bond donors (Lipinski definition) is 1. The number of amides is 1. The van der Waals surface area contributed by atoms with Crippen molar-refractivity contribution in [2.75, 3.05) is 18.2 Å². The molecule has 7 nitrogen and oxygen atoms in total. The van der Waals surface area contributed by atoms with Crippen molar-refractivity contribution < 1.29 is 14.3 Å². The largest absolute Gasteiger partial charge is 0.465 e. The Morgan fingerprint density at radius 1 is 1.29 bits per heavy atom. The summed E-state index contributed by atoms with van der Waals surface area (Å²) in [6.07, 6.45) is 0. The van der Waals surface area contributed by atoms with Crippen molar-refractivity contribution in [2.24, 2.45) is 7.05 Å². The number of thioether (sulfide) groups is 1. The Balaban J connectivity index is 1.68. The van der Waals surface area contributed by atoms with Crippen LogP contribution in [0.25, 0.3) is 11.4 Å². The summed E-state index contributed by atoms with van der Waals surface area (Å²) in [7, 11) is 3.21. The maximum atomic E-state index is 12.4. The van der Waals surface area contributed by atoms with Crippen LogP contribution in [-0.4, -0.2) is 39.5 Å². The molecule has 0 aliphatic heterocycles. The summed E-state index contributed by atoms with van der Waals surface area (Å²) in [6.45, 7) is 6.02. The second-order valence-corrected chi connectivity index (χ2v) is 9.41. The number of carbonyl (C=O) groups is 2. The summed E-state index contributed by atoms with van der Waals surface area (Å²) in [5.41, 5.74) is 2.62. The normalized spacial score (nSPS) is 10.9. The first-order valence-electron chi connectivity index (χ1n) is 8.37. The van der Waals surface area contributed by atoms with Crippen LogP contribution in [0.15, 0.2) is 16.6 Å². The Hall–Kier alpha value is -2.17.